The first-order valence-electron chi connectivity index (χ1n) is 15.0. The number of ether oxygens (including phenoxy) is 2. The van der Waals surface area contributed by atoms with Crippen molar-refractivity contribution in [3.05, 3.63) is 148 Å². The van der Waals surface area contributed by atoms with E-state index in [-0.39, 0.29) is 18.4 Å². The Hall–Kier alpha value is -4.88. The number of carboxylic acids is 1. The third kappa shape index (κ3) is 8.43. The number of aliphatic carboxylic acids is 1. The van der Waals surface area contributed by atoms with Crippen LogP contribution in [0.25, 0.3) is 11.1 Å². The van der Waals surface area contributed by atoms with E-state index in [0.29, 0.717) is 27.1 Å². The molecule has 0 aliphatic heterocycles. The smallest absolute Gasteiger partial charge is 0.305 e. The van der Waals surface area contributed by atoms with Crippen LogP contribution in [0.1, 0.15) is 60.3 Å². The van der Waals surface area contributed by atoms with Gasteiger partial charge in [0.25, 0.3) is 5.91 Å². The Kier molecular flexibility index (Phi) is 10.2. The molecule has 7 heteroatoms. The minimum atomic E-state index is -1.03. The maximum absolute atomic E-state index is 13.6. The summed E-state index contributed by atoms with van der Waals surface area (Å²) in [5.74, 6) is 0.367. The predicted molar refractivity (Wildman–Crippen MR) is 184 cm³/mol. The molecule has 234 valence electrons. The van der Waals surface area contributed by atoms with Crippen molar-refractivity contribution in [2.24, 2.45) is 0 Å². The summed E-state index contributed by atoms with van der Waals surface area (Å²) in [5.41, 5.74) is 5.00. The number of amides is 1. The molecule has 0 fully saturated rings. The van der Waals surface area contributed by atoms with Gasteiger partial charge in [0.15, 0.2) is 0 Å². The Labute approximate surface area is 278 Å². The van der Waals surface area contributed by atoms with Crippen molar-refractivity contribution in [2.45, 2.75) is 45.3 Å². The van der Waals surface area contributed by atoms with Crippen molar-refractivity contribution in [1.29, 1.82) is 0 Å². The highest BCUT2D eigenvalue weighted by atomic mass is 79.9. The first-order chi connectivity index (χ1) is 22.1. The first kappa shape index (κ1) is 32.5. The Balaban J connectivity index is 1.34. The SMILES string of the molecule is CC(C)(C)c1ccc(COc2ccc(Br)cc2C(=O)NC(CC(=O)O)c2ccc(-c3ccccc3Oc3ccccc3)cc2)cc1. The number of benzene rings is 5. The topological polar surface area (TPSA) is 84.9 Å². The summed E-state index contributed by atoms with van der Waals surface area (Å²) in [6.07, 6.45) is -0.289. The lowest BCUT2D eigenvalue weighted by Crippen LogP contribution is -2.30. The van der Waals surface area contributed by atoms with Crippen LogP contribution in [-0.2, 0) is 16.8 Å². The number of rotatable bonds is 11. The monoisotopic (exact) mass is 677 g/mol. The minimum absolute atomic E-state index is 0.0461. The van der Waals surface area contributed by atoms with E-state index in [0.717, 1.165) is 22.4 Å². The van der Waals surface area contributed by atoms with Gasteiger partial charge in [-0.1, -0.05) is 122 Å². The summed E-state index contributed by atoms with van der Waals surface area (Å²) in [7, 11) is 0. The normalized spacial score (nSPS) is 11.8. The molecule has 0 bridgehead atoms. The van der Waals surface area contributed by atoms with Gasteiger partial charge < -0.3 is 19.9 Å². The van der Waals surface area contributed by atoms with Gasteiger partial charge in [-0.25, -0.2) is 0 Å². The molecule has 1 unspecified atom stereocenters. The van der Waals surface area contributed by atoms with Crippen molar-refractivity contribution in [3.8, 4) is 28.4 Å². The van der Waals surface area contributed by atoms with E-state index < -0.39 is 17.9 Å². The van der Waals surface area contributed by atoms with Gasteiger partial charge in [-0.05, 0) is 64.1 Å². The number of nitrogens with one attached hydrogen (secondary N) is 1. The molecular weight excluding hydrogens is 642 g/mol. The molecule has 5 aromatic carbocycles. The number of hydrogen-bond donors (Lipinski definition) is 2. The Morgan fingerprint density at radius 1 is 0.804 bits per heavy atom. The molecule has 0 saturated heterocycles. The fraction of sp³-hybridized carbons (Fsp3) is 0.179. The molecule has 0 heterocycles. The molecule has 1 atom stereocenters. The summed E-state index contributed by atoms with van der Waals surface area (Å²) >= 11 is 3.46. The van der Waals surface area contributed by atoms with Crippen LogP contribution in [0.3, 0.4) is 0 Å². The molecule has 0 radical (unpaired) electrons. The Morgan fingerprint density at radius 2 is 1.48 bits per heavy atom. The zero-order valence-electron chi connectivity index (χ0n) is 26.0. The average Bonchev–Trinajstić information content (AvgIpc) is 3.04. The minimum Gasteiger partial charge on any atom is -0.488 e. The van der Waals surface area contributed by atoms with E-state index in [9.17, 15) is 14.7 Å². The highest BCUT2D eigenvalue weighted by Gasteiger charge is 2.22. The third-order valence-electron chi connectivity index (χ3n) is 7.57. The largest absolute Gasteiger partial charge is 0.488 e. The Bertz CT molecular complexity index is 1800. The van der Waals surface area contributed by atoms with Crippen molar-refractivity contribution in [2.75, 3.05) is 0 Å². The second-order valence-electron chi connectivity index (χ2n) is 12.0. The number of carboxylic acid groups (broad SMARTS) is 1. The molecule has 0 spiro atoms. The van der Waals surface area contributed by atoms with Gasteiger partial charge in [-0.3, -0.25) is 9.59 Å². The van der Waals surface area contributed by atoms with E-state index >= 15 is 0 Å². The van der Waals surface area contributed by atoms with E-state index in [2.05, 4.69) is 54.2 Å². The van der Waals surface area contributed by atoms with Crippen LogP contribution >= 0.6 is 15.9 Å². The summed E-state index contributed by atoms with van der Waals surface area (Å²) in [4.78, 5) is 25.5. The maximum atomic E-state index is 13.6. The first-order valence-corrected chi connectivity index (χ1v) is 15.8. The average molecular weight is 679 g/mol. The highest BCUT2D eigenvalue weighted by Crippen LogP contribution is 2.34. The molecule has 0 saturated carbocycles. The third-order valence-corrected chi connectivity index (χ3v) is 8.06. The van der Waals surface area contributed by atoms with E-state index in [4.69, 9.17) is 9.47 Å². The second-order valence-corrected chi connectivity index (χ2v) is 12.9. The highest BCUT2D eigenvalue weighted by molar-refractivity contribution is 9.10. The van der Waals surface area contributed by atoms with Crippen LogP contribution in [0.5, 0.6) is 17.2 Å². The molecular formula is C39H36BrNO5. The van der Waals surface area contributed by atoms with Crippen LogP contribution in [0.2, 0.25) is 0 Å². The van der Waals surface area contributed by atoms with Gasteiger partial charge in [0.1, 0.15) is 23.9 Å². The van der Waals surface area contributed by atoms with Gasteiger partial charge in [-0.2, -0.15) is 0 Å². The quantitative estimate of drug-likeness (QED) is 0.145. The molecule has 46 heavy (non-hydrogen) atoms. The van der Waals surface area contributed by atoms with Crippen LogP contribution in [0.4, 0.5) is 0 Å². The zero-order chi connectivity index (χ0) is 32.7. The van der Waals surface area contributed by atoms with Crippen LogP contribution < -0.4 is 14.8 Å². The molecule has 0 aliphatic rings. The van der Waals surface area contributed by atoms with E-state index in [1.54, 1.807) is 12.1 Å². The molecule has 2 N–H and O–H groups in total. The lowest BCUT2D eigenvalue weighted by atomic mass is 9.87. The zero-order valence-corrected chi connectivity index (χ0v) is 27.6. The van der Waals surface area contributed by atoms with E-state index in [1.807, 2.05) is 97.1 Å². The lowest BCUT2D eigenvalue weighted by Gasteiger charge is -2.20. The van der Waals surface area contributed by atoms with Crippen LogP contribution in [-0.4, -0.2) is 17.0 Å². The van der Waals surface area contributed by atoms with Crippen molar-refractivity contribution in [3.63, 3.8) is 0 Å². The number of halogens is 1. The molecule has 5 aromatic rings. The van der Waals surface area contributed by atoms with Crippen molar-refractivity contribution in [1.82, 2.24) is 5.32 Å². The number of carbonyl (C=O) groups is 2. The molecule has 5 rings (SSSR count). The summed E-state index contributed by atoms with van der Waals surface area (Å²) in [6, 6.07) is 37.4. The van der Waals surface area contributed by atoms with E-state index in [1.165, 1.54) is 5.56 Å². The molecule has 0 aromatic heterocycles. The van der Waals surface area contributed by atoms with Gasteiger partial charge in [-0.15, -0.1) is 0 Å². The standard InChI is InChI=1S/C39H36BrNO5/c1-39(2,3)29-19-13-26(14-20-29)25-45-35-22-21-30(40)23-33(35)38(44)41-34(24-37(42)43)28-17-15-27(16-18-28)32-11-7-8-12-36(32)46-31-9-5-4-6-10-31/h4-23,34H,24-25H2,1-3H3,(H,41,44)(H,42,43). The lowest BCUT2D eigenvalue weighted by molar-refractivity contribution is -0.137. The fourth-order valence-electron chi connectivity index (χ4n) is 5.04. The maximum Gasteiger partial charge on any atom is 0.305 e. The van der Waals surface area contributed by atoms with Gasteiger partial charge in [0, 0.05) is 10.0 Å². The van der Waals surface area contributed by atoms with Crippen LogP contribution in [0.15, 0.2) is 126 Å². The number of hydrogen-bond acceptors (Lipinski definition) is 4. The summed E-state index contributed by atoms with van der Waals surface area (Å²) in [6.45, 7) is 6.77. The Morgan fingerprint density at radius 3 is 2.15 bits per heavy atom. The number of carbonyl (C=O) groups excluding carboxylic acids is 1. The summed E-state index contributed by atoms with van der Waals surface area (Å²) < 4.78 is 12.9. The predicted octanol–water partition coefficient (Wildman–Crippen LogP) is 9.73. The van der Waals surface area contributed by atoms with Crippen LogP contribution in [0, 0.1) is 0 Å². The van der Waals surface area contributed by atoms with Crippen molar-refractivity contribution < 1.29 is 24.2 Å². The van der Waals surface area contributed by atoms with Crippen molar-refractivity contribution >= 4 is 27.8 Å². The van der Waals surface area contributed by atoms with Gasteiger partial charge in [0.2, 0.25) is 0 Å². The molecule has 0 aliphatic carbocycles. The number of para-hydroxylation sites is 2. The van der Waals surface area contributed by atoms with Gasteiger partial charge >= 0.3 is 5.97 Å². The molecule has 6 nitrogen and oxygen atoms in total. The summed E-state index contributed by atoms with van der Waals surface area (Å²) in [5, 5.41) is 12.6. The second kappa shape index (κ2) is 14.5. The fourth-order valence-corrected chi connectivity index (χ4v) is 5.40. The van der Waals surface area contributed by atoms with Gasteiger partial charge in [0.05, 0.1) is 18.0 Å². The molecule has 1 amide bonds.